The summed E-state index contributed by atoms with van der Waals surface area (Å²) in [7, 11) is 3.00. The van der Waals surface area contributed by atoms with E-state index < -0.39 is 6.04 Å². The number of fused-ring (bicyclic) bond motifs is 1. The standard InChI is InChI=1S/C25H28N2O4/c1-25(2)13-19-23(21(28)14-25)24(16-9-11-17(30-3)12-10-16)27(15-22(29)31-4)20-8-6-5-7-18(20)26-19/h5-12,24,26H,13-15H2,1-4H3. The summed E-state index contributed by atoms with van der Waals surface area (Å²) >= 11 is 0. The molecule has 0 aromatic heterocycles. The molecule has 162 valence electrons. The molecule has 0 radical (unpaired) electrons. The van der Waals surface area contributed by atoms with Crippen molar-refractivity contribution in [3.63, 3.8) is 0 Å². The van der Waals surface area contributed by atoms with Crippen LogP contribution in [0.1, 0.15) is 38.3 Å². The third-order valence-corrected chi connectivity index (χ3v) is 5.96. The van der Waals surface area contributed by atoms with Crippen LogP contribution in [-0.2, 0) is 14.3 Å². The van der Waals surface area contributed by atoms with Gasteiger partial charge in [0.05, 0.1) is 31.6 Å². The summed E-state index contributed by atoms with van der Waals surface area (Å²) in [5, 5.41) is 3.53. The summed E-state index contributed by atoms with van der Waals surface area (Å²) < 4.78 is 10.3. The Balaban J connectivity index is 1.95. The number of hydrogen-bond donors (Lipinski definition) is 1. The van der Waals surface area contributed by atoms with Gasteiger partial charge in [-0.25, -0.2) is 0 Å². The van der Waals surface area contributed by atoms with Crippen LogP contribution < -0.4 is 15.0 Å². The Morgan fingerprint density at radius 1 is 1.10 bits per heavy atom. The maximum Gasteiger partial charge on any atom is 0.325 e. The molecule has 31 heavy (non-hydrogen) atoms. The molecule has 1 atom stereocenters. The summed E-state index contributed by atoms with van der Waals surface area (Å²) in [6, 6.07) is 15.1. The van der Waals surface area contributed by atoms with Gasteiger partial charge >= 0.3 is 5.97 Å². The van der Waals surface area contributed by atoms with Crippen molar-refractivity contribution in [2.75, 3.05) is 31.0 Å². The number of ketones is 1. The first-order valence-corrected chi connectivity index (χ1v) is 10.4. The molecule has 0 fully saturated rings. The second kappa shape index (κ2) is 8.10. The largest absolute Gasteiger partial charge is 0.497 e. The van der Waals surface area contributed by atoms with E-state index in [1.165, 1.54) is 7.11 Å². The van der Waals surface area contributed by atoms with Gasteiger partial charge in [0.25, 0.3) is 0 Å². The van der Waals surface area contributed by atoms with E-state index in [1.54, 1.807) is 7.11 Å². The molecule has 1 aliphatic heterocycles. The quantitative estimate of drug-likeness (QED) is 0.736. The number of rotatable bonds is 4. The highest BCUT2D eigenvalue weighted by Crippen LogP contribution is 2.48. The average Bonchev–Trinajstić information content (AvgIpc) is 2.87. The van der Waals surface area contributed by atoms with Crippen LogP contribution in [-0.4, -0.2) is 32.5 Å². The van der Waals surface area contributed by atoms with Gasteiger partial charge in [-0.1, -0.05) is 38.1 Å². The minimum Gasteiger partial charge on any atom is -0.497 e. The molecule has 0 saturated heterocycles. The van der Waals surface area contributed by atoms with Crippen molar-refractivity contribution in [2.24, 2.45) is 5.41 Å². The van der Waals surface area contributed by atoms with Crippen molar-refractivity contribution < 1.29 is 19.1 Å². The van der Waals surface area contributed by atoms with E-state index >= 15 is 0 Å². The van der Waals surface area contributed by atoms with Crippen LogP contribution in [0.25, 0.3) is 0 Å². The molecule has 0 spiro atoms. The minimum absolute atomic E-state index is 0.0271. The molecule has 1 heterocycles. The lowest BCUT2D eigenvalue weighted by molar-refractivity contribution is -0.139. The summed E-state index contributed by atoms with van der Waals surface area (Å²) in [4.78, 5) is 27.9. The molecule has 2 aliphatic rings. The van der Waals surface area contributed by atoms with E-state index in [4.69, 9.17) is 9.47 Å². The number of carbonyl (C=O) groups is 2. The molecule has 2 aromatic carbocycles. The van der Waals surface area contributed by atoms with Gasteiger partial charge in [0.2, 0.25) is 0 Å². The van der Waals surface area contributed by atoms with Gasteiger partial charge in [-0.2, -0.15) is 0 Å². The molecular formula is C25H28N2O4. The number of nitrogens with zero attached hydrogens (tertiary/aromatic N) is 1. The normalized spacial score (nSPS) is 19.7. The average molecular weight is 421 g/mol. The first-order valence-electron chi connectivity index (χ1n) is 10.4. The van der Waals surface area contributed by atoms with Crippen LogP contribution in [0.2, 0.25) is 0 Å². The first kappa shape index (κ1) is 21.0. The fourth-order valence-electron chi connectivity index (χ4n) is 4.56. The van der Waals surface area contributed by atoms with E-state index in [2.05, 4.69) is 19.2 Å². The van der Waals surface area contributed by atoms with Crippen LogP contribution in [0.3, 0.4) is 0 Å². The van der Waals surface area contributed by atoms with Crippen LogP contribution in [0, 0.1) is 5.41 Å². The third kappa shape index (κ3) is 4.02. The molecular weight excluding hydrogens is 392 g/mol. The Hall–Kier alpha value is -3.28. The Labute approximate surface area is 182 Å². The highest BCUT2D eigenvalue weighted by molar-refractivity contribution is 6.01. The zero-order valence-electron chi connectivity index (χ0n) is 18.4. The second-order valence-corrected chi connectivity index (χ2v) is 8.86. The maximum atomic E-state index is 13.5. The van der Waals surface area contributed by atoms with Gasteiger partial charge in [0, 0.05) is 17.7 Å². The Morgan fingerprint density at radius 2 is 1.81 bits per heavy atom. The number of benzene rings is 2. The number of carbonyl (C=O) groups excluding carboxylic acids is 2. The molecule has 1 aliphatic carbocycles. The summed E-state index contributed by atoms with van der Waals surface area (Å²) in [5.41, 5.74) is 4.14. The van der Waals surface area contributed by atoms with Crippen molar-refractivity contribution >= 4 is 23.1 Å². The lowest BCUT2D eigenvalue weighted by atomic mass is 9.73. The Kier molecular flexibility index (Phi) is 5.48. The van der Waals surface area contributed by atoms with Gasteiger partial charge in [-0.15, -0.1) is 0 Å². The monoisotopic (exact) mass is 420 g/mol. The predicted molar refractivity (Wildman–Crippen MR) is 120 cm³/mol. The molecule has 0 amide bonds. The van der Waals surface area contributed by atoms with Crippen molar-refractivity contribution in [3.8, 4) is 5.75 Å². The van der Waals surface area contributed by atoms with Crippen LogP contribution in [0.5, 0.6) is 5.75 Å². The van der Waals surface area contributed by atoms with Gasteiger partial charge in [-0.05, 0) is 41.7 Å². The number of ether oxygens (including phenoxy) is 2. The van der Waals surface area contributed by atoms with Crippen molar-refractivity contribution in [3.05, 3.63) is 65.4 Å². The molecule has 6 nitrogen and oxygen atoms in total. The first-order chi connectivity index (χ1) is 14.8. The van der Waals surface area contributed by atoms with Crippen molar-refractivity contribution in [1.29, 1.82) is 0 Å². The van der Waals surface area contributed by atoms with Crippen LogP contribution in [0.4, 0.5) is 11.4 Å². The summed E-state index contributed by atoms with van der Waals surface area (Å²) in [6.07, 6.45) is 1.21. The molecule has 6 heteroatoms. The highest BCUT2D eigenvalue weighted by Gasteiger charge is 2.41. The number of methoxy groups -OCH3 is 2. The molecule has 0 saturated carbocycles. The van der Waals surface area contributed by atoms with E-state index in [0.29, 0.717) is 12.0 Å². The highest BCUT2D eigenvalue weighted by atomic mass is 16.5. The number of Topliss-reactive ketones (excluding diaryl/α,β-unsaturated/α-hetero) is 1. The lowest BCUT2D eigenvalue weighted by Crippen LogP contribution is -2.39. The minimum atomic E-state index is -0.417. The zero-order valence-corrected chi connectivity index (χ0v) is 18.4. The number of hydrogen-bond acceptors (Lipinski definition) is 6. The fourth-order valence-corrected chi connectivity index (χ4v) is 4.56. The van der Waals surface area contributed by atoms with Gasteiger partial charge in [0.1, 0.15) is 12.3 Å². The Bertz CT molecular complexity index is 1040. The second-order valence-electron chi connectivity index (χ2n) is 8.86. The molecule has 4 rings (SSSR count). The predicted octanol–water partition coefficient (Wildman–Crippen LogP) is 4.48. The summed E-state index contributed by atoms with van der Waals surface area (Å²) in [5.74, 6) is 0.476. The van der Waals surface area contributed by atoms with Crippen LogP contribution >= 0.6 is 0 Å². The number of allylic oxidation sites excluding steroid dienone is 1. The summed E-state index contributed by atoms with van der Waals surface area (Å²) in [6.45, 7) is 4.25. The number of para-hydroxylation sites is 2. The number of anilines is 2. The third-order valence-electron chi connectivity index (χ3n) is 5.96. The Morgan fingerprint density at radius 3 is 2.48 bits per heavy atom. The van der Waals surface area contributed by atoms with Gasteiger partial charge in [-0.3, -0.25) is 9.59 Å². The van der Waals surface area contributed by atoms with E-state index in [0.717, 1.165) is 34.8 Å². The number of nitrogens with one attached hydrogen (secondary N) is 1. The SMILES string of the molecule is COC(=O)CN1c2ccccc2NC2=C(C(=O)CC(C)(C)C2)C1c1ccc(OC)cc1. The van der Waals surface area contributed by atoms with Gasteiger partial charge < -0.3 is 19.7 Å². The molecule has 0 bridgehead atoms. The van der Waals surface area contributed by atoms with Crippen LogP contribution in [0.15, 0.2) is 59.8 Å². The maximum absolute atomic E-state index is 13.5. The fraction of sp³-hybridized carbons (Fsp3) is 0.360. The number of esters is 1. The molecule has 2 aromatic rings. The van der Waals surface area contributed by atoms with E-state index in [9.17, 15) is 9.59 Å². The van der Waals surface area contributed by atoms with Crippen molar-refractivity contribution in [2.45, 2.75) is 32.7 Å². The van der Waals surface area contributed by atoms with E-state index in [1.807, 2.05) is 53.4 Å². The smallest absolute Gasteiger partial charge is 0.325 e. The topological polar surface area (TPSA) is 67.9 Å². The van der Waals surface area contributed by atoms with Crippen molar-refractivity contribution in [1.82, 2.24) is 0 Å². The van der Waals surface area contributed by atoms with Gasteiger partial charge in [0.15, 0.2) is 5.78 Å². The van der Waals surface area contributed by atoms with E-state index in [-0.39, 0.29) is 23.7 Å². The molecule has 1 N–H and O–H groups in total. The lowest BCUT2D eigenvalue weighted by Gasteiger charge is -2.37. The molecule has 1 unspecified atom stereocenters. The zero-order chi connectivity index (χ0) is 22.2.